The van der Waals surface area contributed by atoms with Gasteiger partial charge in [-0.2, -0.15) is 0 Å². The maximum Gasteiger partial charge on any atom is 0.150 e. The molecule has 0 amide bonds. The lowest BCUT2D eigenvalue weighted by Gasteiger charge is -2.23. The van der Waals surface area contributed by atoms with Crippen molar-refractivity contribution in [3.05, 3.63) is 28.5 Å². The smallest absolute Gasteiger partial charge is 0.150 e. The van der Waals surface area contributed by atoms with Crippen LogP contribution in [0.4, 0.5) is 0 Å². The molecule has 1 fully saturated rings. The molecule has 1 aliphatic rings. The highest BCUT2D eigenvalue weighted by molar-refractivity contribution is 9.10. The number of hydrogen-bond donors (Lipinski definition) is 1. The lowest BCUT2D eigenvalue weighted by atomic mass is 9.86. The van der Waals surface area contributed by atoms with Crippen LogP contribution in [0.25, 0.3) is 0 Å². The maximum atomic E-state index is 11.7. The average Bonchev–Trinajstić information content (AvgIpc) is 2.75. The van der Waals surface area contributed by atoms with E-state index in [-0.39, 0.29) is 5.92 Å². The lowest BCUT2D eigenvalue weighted by Crippen LogP contribution is -2.30. The molecule has 1 N–H and O–H groups in total. The summed E-state index contributed by atoms with van der Waals surface area (Å²) in [6.45, 7) is 3.85. The number of aromatic nitrogens is 1. The summed E-state index contributed by atoms with van der Waals surface area (Å²) in [5.41, 5.74) is 1.16. The van der Waals surface area contributed by atoms with E-state index in [0.29, 0.717) is 17.4 Å². The Morgan fingerprint density at radius 2 is 2.30 bits per heavy atom. The standard InChI is InChI=1S/C14H21BrN2O2S/c1-2-16-8-13(12-3-4-20(18,19)10-12)5-11-6-14(15)9-17-7-11/h6-7,9,12-13,16H,2-5,8,10H2,1H3. The molecular weight excluding hydrogens is 340 g/mol. The molecule has 112 valence electrons. The number of nitrogens with one attached hydrogen (secondary N) is 1. The predicted molar refractivity (Wildman–Crippen MR) is 84.4 cm³/mol. The SMILES string of the molecule is CCNCC(Cc1cncc(Br)c1)C1CCS(=O)(=O)C1. The van der Waals surface area contributed by atoms with Crippen LogP contribution >= 0.6 is 15.9 Å². The molecule has 1 saturated heterocycles. The van der Waals surface area contributed by atoms with Crippen molar-refractivity contribution >= 4 is 25.8 Å². The molecule has 6 heteroatoms. The summed E-state index contributed by atoms with van der Waals surface area (Å²) in [5, 5.41) is 3.36. The fourth-order valence-corrected chi connectivity index (χ4v) is 5.13. The van der Waals surface area contributed by atoms with Crippen molar-refractivity contribution in [3.8, 4) is 0 Å². The van der Waals surface area contributed by atoms with Gasteiger partial charge < -0.3 is 5.32 Å². The van der Waals surface area contributed by atoms with Crippen LogP contribution in [0.15, 0.2) is 22.9 Å². The van der Waals surface area contributed by atoms with E-state index in [0.717, 1.165) is 36.0 Å². The highest BCUT2D eigenvalue weighted by atomic mass is 79.9. The lowest BCUT2D eigenvalue weighted by molar-refractivity contribution is 0.346. The number of rotatable bonds is 6. The van der Waals surface area contributed by atoms with E-state index in [1.807, 2.05) is 6.20 Å². The topological polar surface area (TPSA) is 59.1 Å². The van der Waals surface area contributed by atoms with Crippen LogP contribution in [-0.4, -0.2) is 38.0 Å². The van der Waals surface area contributed by atoms with Crippen molar-refractivity contribution in [2.45, 2.75) is 19.8 Å². The van der Waals surface area contributed by atoms with E-state index in [9.17, 15) is 8.42 Å². The van der Waals surface area contributed by atoms with Gasteiger partial charge in [-0.05, 0) is 65.3 Å². The summed E-state index contributed by atoms with van der Waals surface area (Å²) < 4.78 is 24.3. The van der Waals surface area contributed by atoms with Crippen LogP contribution in [0.5, 0.6) is 0 Å². The molecule has 0 bridgehead atoms. The van der Waals surface area contributed by atoms with Gasteiger partial charge >= 0.3 is 0 Å². The molecule has 2 atom stereocenters. The zero-order chi connectivity index (χ0) is 14.6. The maximum absolute atomic E-state index is 11.7. The third-order valence-corrected chi connectivity index (χ3v) is 6.08. The Kier molecular flexibility index (Phi) is 5.57. The Morgan fingerprint density at radius 3 is 2.90 bits per heavy atom. The number of hydrogen-bond acceptors (Lipinski definition) is 4. The van der Waals surface area contributed by atoms with Crippen molar-refractivity contribution in [1.82, 2.24) is 10.3 Å². The highest BCUT2D eigenvalue weighted by Gasteiger charge is 2.33. The van der Waals surface area contributed by atoms with Crippen molar-refractivity contribution in [2.75, 3.05) is 24.6 Å². The van der Waals surface area contributed by atoms with Crippen molar-refractivity contribution in [2.24, 2.45) is 11.8 Å². The van der Waals surface area contributed by atoms with E-state index < -0.39 is 9.84 Å². The largest absolute Gasteiger partial charge is 0.317 e. The third-order valence-electron chi connectivity index (χ3n) is 3.85. The quantitative estimate of drug-likeness (QED) is 0.843. The first-order chi connectivity index (χ1) is 9.50. The van der Waals surface area contributed by atoms with Crippen LogP contribution in [0.3, 0.4) is 0 Å². The number of pyridine rings is 1. The van der Waals surface area contributed by atoms with E-state index in [4.69, 9.17) is 0 Å². The number of nitrogens with zero attached hydrogens (tertiary/aromatic N) is 1. The first-order valence-electron chi connectivity index (χ1n) is 7.00. The Hall–Kier alpha value is -0.460. The Balaban J connectivity index is 2.07. The summed E-state index contributed by atoms with van der Waals surface area (Å²) in [7, 11) is -2.82. The summed E-state index contributed by atoms with van der Waals surface area (Å²) in [4.78, 5) is 4.19. The molecule has 2 rings (SSSR count). The van der Waals surface area contributed by atoms with Gasteiger partial charge in [0.15, 0.2) is 9.84 Å². The predicted octanol–water partition coefficient (Wildman–Crippen LogP) is 2.05. The third kappa shape index (κ3) is 4.53. The second-order valence-corrected chi connectivity index (χ2v) is 8.59. The fraction of sp³-hybridized carbons (Fsp3) is 0.643. The molecule has 4 nitrogen and oxygen atoms in total. The van der Waals surface area contributed by atoms with Gasteiger partial charge in [-0.15, -0.1) is 0 Å². The van der Waals surface area contributed by atoms with Crippen molar-refractivity contribution < 1.29 is 8.42 Å². The first kappa shape index (κ1) is 15.9. The minimum atomic E-state index is -2.82. The van der Waals surface area contributed by atoms with Crippen LogP contribution in [0.2, 0.25) is 0 Å². The zero-order valence-corrected chi connectivity index (χ0v) is 14.1. The molecule has 1 aliphatic heterocycles. The Bertz CT molecular complexity index is 548. The van der Waals surface area contributed by atoms with Gasteiger partial charge in [0.25, 0.3) is 0 Å². The van der Waals surface area contributed by atoms with E-state index in [1.54, 1.807) is 6.20 Å². The van der Waals surface area contributed by atoms with E-state index in [1.165, 1.54) is 0 Å². The van der Waals surface area contributed by atoms with Crippen LogP contribution in [-0.2, 0) is 16.3 Å². The summed E-state index contributed by atoms with van der Waals surface area (Å²) in [6, 6.07) is 2.06. The zero-order valence-electron chi connectivity index (χ0n) is 11.7. The minimum Gasteiger partial charge on any atom is -0.317 e. The molecule has 0 aromatic carbocycles. The molecule has 0 saturated carbocycles. The monoisotopic (exact) mass is 360 g/mol. The molecule has 0 aliphatic carbocycles. The molecule has 2 heterocycles. The Morgan fingerprint density at radius 1 is 1.50 bits per heavy atom. The highest BCUT2D eigenvalue weighted by Crippen LogP contribution is 2.28. The second-order valence-electron chi connectivity index (χ2n) is 5.45. The summed E-state index contributed by atoms with van der Waals surface area (Å²) in [5.74, 6) is 1.29. The minimum absolute atomic E-state index is 0.262. The van der Waals surface area contributed by atoms with E-state index >= 15 is 0 Å². The van der Waals surface area contributed by atoms with Gasteiger partial charge in [0.1, 0.15) is 0 Å². The second kappa shape index (κ2) is 7.00. The first-order valence-corrected chi connectivity index (χ1v) is 9.62. The van der Waals surface area contributed by atoms with E-state index in [2.05, 4.69) is 39.2 Å². The number of sulfone groups is 1. The Labute approximate surface area is 129 Å². The van der Waals surface area contributed by atoms with Crippen LogP contribution < -0.4 is 5.32 Å². The van der Waals surface area contributed by atoms with Gasteiger partial charge in [0.2, 0.25) is 0 Å². The van der Waals surface area contributed by atoms with Crippen molar-refractivity contribution in [1.29, 1.82) is 0 Å². The molecular formula is C14H21BrN2O2S. The van der Waals surface area contributed by atoms with Gasteiger partial charge in [-0.3, -0.25) is 4.98 Å². The van der Waals surface area contributed by atoms with Crippen molar-refractivity contribution in [3.63, 3.8) is 0 Å². The normalized spacial score (nSPS) is 22.8. The molecule has 1 aromatic rings. The summed E-state index contributed by atoms with van der Waals surface area (Å²) >= 11 is 3.43. The van der Waals surface area contributed by atoms with Crippen LogP contribution in [0, 0.1) is 11.8 Å². The molecule has 1 aromatic heterocycles. The summed E-state index contributed by atoms with van der Waals surface area (Å²) in [6.07, 6.45) is 5.30. The average molecular weight is 361 g/mol. The molecule has 0 radical (unpaired) electrons. The fourth-order valence-electron chi connectivity index (χ4n) is 2.80. The molecule has 2 unspecified atom stereocenters. The van der Waals surface area contributed by atoms with Gasteiger partial charge in [-0.25, -0.2) is 8.42 Å². The van der Waals surface area contributed by atoms with Gasteiger partial charge in [0, 0.05) is 16.9 Å². The van der Waals surface area contributed by atoms with Crippen LogP contribution in [0.1, 0.15) is 18.9 Å². The molecule has 0 spiro atoms. The van der Waals surface area contributed by atoms with Gasteiger partial charge in [0.05, 0.1) is 11.5 Å². The molecule has 20 heavy (non-hydrogen) atoms. The van der Waals surface area contributed by atoms with Gasteiger partial charge in [-0.1, -0.05) is 6.92 Å². The number of halogens is 1.